The number of benzene rings is 1. The van der Waals surface area contributed by atoms with Crippen LogP contribution in [-0.4, -0.2) is 30.1 Å². The van der Waals surface area contributed by atoms with Gasteiger partial charge in [-0.25, -0.2) is 14.2 Å². The fourth-order valence-corrected chi connectivity index (χ4v) is 2.08. The Labute approximate surface area is 152 Å². The number of carbonyl (C=O) groups excluding carboxylic acids is 2. The van der Waals surface area contributed by atoms with Crippen molar-refractivity contribution in [2.75, 3.05) is 18.5 Å². The third-order valence-corrected chi connectivity index (χ3v) is 3.57. The van der Waals surface area contributed by atoms with Gasteiger partial charge in [-0.3, -0.25) is 4.79 Å². The minimum Gasteiger partial charge on any atom is -0.482 e. The molecule has 0 fully saturated rings. The van der Waals surface area contributed by atoms with Crippen molar-refractivity contribution in [2.45, 2.75) is 6.92 Å². The first kappa shape index (κ1) is 19.0. The van der Waals surface area contributed by atoms with E-state index in [4.69, 9.17) is 32.7 Å². The van der Waals surface area contributed by atoms with Crippen LogP contribution >= 0.6 is 23.2 Å². The second kappa shape index (κ2) is 8.64. The number of anilines is 1. The molecule has 6 nitrogen and oxygen atoms in total. The molecule has 0 bridgehead atoms. The summed E-state index contributed by atoms with van der Waals surface area (Å²) in [5.41, 5.74) is 0.492. The quantitative estimate of drug-likeness (QED) is 0.769. The van der Waals surface area contributed by atoms with Gasteiger partial charge in [0.25, 0.3) is 5.91 Å². The van der Waals surface area contributed by atoms with E-state index in [0.29, 0.717) is 16.5 Å². The first-order valence-corrected chi connectivity index (χ1v) is 7.77. The molecular weight excluding hydrogens is 374 g/mol. The van der Waals surface area contributed by atoms with Crippen LogP contribution < -0.4 is 10.1 Å². The Morgan fingerprint density at radius 1 is 1.16 bits per heavy atom. The normalized spacial score (nSPS) is 10.2. The van der Waals surface area contributed by atoms with Gasteiger partial charge in [-0.1, -0.05) is 23.2 Å². The summed E-state index contributed by atoms with van der Waals surface area (Å²) in [4.78, 5) is 27.4. The number of ether oxygens (including phenoxy) is 2. The summed E-state index contributed by atoms with van der Waals surface area (Å²) in [6.07, 6.45) is 0. The summed E-state index contributed by atoms with van der Waals surface area (Å²) in [6, 6.07) is 6.57. The van der Waals surface area contributed by atoms with Crippen LogP contribution in [0.1, 0.15) is 5.69 Å². The smallest absolute Gasteiger partial charge is 0.344 e. The summed E-state index contributed by atoms with van der Waals surface area (Å²) in [5, 5.41) is 2.94. The molecule has 9 heteroatoms. The molecule has 2 rings (SSSR count). The summed E-state index contributed by atoms with van der Waals surface area (Å²) in [6.45, 7) is 0.699. The lowest BCUT2D eigenvalue weighted by Crippen LogP contribution is -2.24. The molecule has 0 saturated heterocycles. The maximum atomic E-state index is 12.7. The highest BCUT2D eigenvalue weighted by molar-refractivity contribution is 6.36. The first-order chi connectivity index (χ1) is 11.8. The van der Waals surface area contributed by atoms with E-state index in [1.54, 1.807) is 6.92 Å². The molecule has 0 radical (unpaired) electrons. The largest absolute Gasteiger partial charge is 0.482 e. The van der Waals surface area contributed by atoms with E-state index in [2.05, 4.69) is 10.3 Å². The van der Waals surface area contributed by atoms with Crippen LogP contribution in [0.5, 0.6) is 5.75 Å². The molecular formula is C16H13Cl2FN2O4. The maximum Gasteiger partial charge on any atom is 0.344 e. The molecule has 132 valence electrons. The Balaban J connectivity index is 1.78. The topological polar surface area (TPSA) is 77.5 Å². The summed E-state index contributed by atoms with van der Waals surface area (Å²) in [5.74, 6) is -1.38. The highest BCUT2D eigenvalue weighted by Gasteiger charge is 2.12. The van der Waals surface area contributed by atoms with Crippen molar-refractivity contribution in [3.8, 4) is 5.75 Å². The number of nitrogens with zero attached hydrogens (tertiary/aromatic N) is 1. The maximum absolute atomic E-state index is 12.7. The van der Waals surface area contributed by atoms with Crippen molar-refractivity contribution in [3.05, 3.63) is 51.9 Å². The predicted octanol–water partition coefficient (Wildman–Crippen LogP) is 3.40. The Kier molecular flexibility index (Phi) is 6.55. The Bertz CT molecular complexity index is 784. The Morgan fingerprint density at radius 3 is 2.52 bits per heavy atom. The van der Waals surface area contributed by atoms with E-state index >= 15 is 0 Å². The number of hydrogen-bond acceptors (Lipinski definition) is 5. The number of amides is 1. The number of esters is 1. The van der Waals surface area contributed by atoms with Crippen LogP contribution in [0.3, 0.4) is 0 Å². The second-order valence-corrected chi connectivity index (χ2v) is 5.65. The molecule has 1 N–H and O–H groups in total. The van der Waals surface area contributed by atoms with Crippen LogP contribution in [-0.2, 0) is 14.3 Å². The van der Waals surface area contributed by atoms with Crippen molar-refractivity contribution in [3.63, 3.8) is 0 Å². The first-order valence-electron chi connectivity index (χ1n) is 7.01. The predicted molar refractivity (Wildman–Crippen MR) is 90.5 cm³/mol. The van der Waals surface area contributed by atoms with Crippen LogP contribution in [0, 0.1) is 12.7 Å². The van der Waals surface area contributed by atoms with E-state index in [-0.39, 0.29) is 10.8 Å². The van der Waals surface area contributed by atoms with Crippen molar-refractivity contribution < 1.29 is 23.5 Å². The molecule has 1 aromatic carbocycles. The van der Waals surface area contributed by atoms with Gasteiger partial charge in [-0.05, 0) is 37.3 Å². The monoisotopic (exact) mass is 386 g/mol. The van der Waals surface area contributed by atoms with Crippen LogP contribution in [0.2, 0.25) is 10.0 Å². The number of aryl methyl sites for hydroxylation is 1. The van der Waals surface area contributed by atoms with Gasteiger partial charge in [0.1, 0.15) is 11.6 Å². The van der Waals surface area contributed by atoms with E-state index < -0.39 is 30.9 Å². The van der Waals surface area contributed by atoms with Gasteiger partial charge in [0, 0.05) is 0 Å². The molecule has 1 aromatic heterocycles. The lowest BCUT2D eigenvalue weighted by atomic mass is 10.3. The SMILES string of the molecule is Cc1nc(NC(=O)COC(=O)COc2ccc(F)cc2)c(Cl)cc1Cl. The highest BCUT2D eigenvalue weighted by Crippen LogP contribution is 2.25. The molecule has 25 heavy (non-hydrogen) atoms. The average molecular weight is 387 g/mol. The second-order valence-electron chi connectivity index (χ2n) is 4.84. The van der Waals surface area contributed by atoms with Crippen LogP contribution in [0.15, 0.2) is 30.3 Å². The molecule has 0 aliphatic rings. The van der Waals surface area contributed by atoms with E-state index in [1.807, 2.05) is 0 Å². The van der Waals surface area contributed by atoms with Crippen LogP contribution in [0.4, 0.5) is 10.2 Å². The number of nitrogens with one attached hydrogen (secondary N) is 1. The molecule has 0 saturated carbocycles. The fraction of sp³-hybridized carbons (Fsp3) is 0.188. The number of aromatic nitrogens is 1. The summed E-state index contributed by atoms with van der Waals surface area (Å²) in [7, 11) is 0. The standard InChI is InChI=1S/C16H13Cl2FN2O4/c1-9-12(17)6-13(18)16(20-9)21-14(22)7-25-15(23)8-24-11-4-2-10(19)3-5-11/h2-6H,7-8H2,1H3,(H,20,21,22). The molecule has 1 amide bonds. The molecule has 0 atom stereocenters. The summed E-state index contributed by atoms with van der Waals surface area (Å²) >= 11 is 11.8. The Hall–Kier alpha value is -2.38. The highest BCUT2D eigenvalue weighted by atomic mass is 35.5. The van der Waals surface area contributed by atoms with Crippen molar-refractivity contribution >= 4 is 40.9 Å². The minimum absolute atomic E-state index is 0.118. The lowest BCUT2D eigenvalue weighted by molar-refractivity contribution is -0.149. The Morgan fingerprint density at radius 2 is 1.84 bits per heavy atom. The zero-order valence-electron chi connectivity index (χ0n) is 13.0. The molecule has 1 heterocycles. The van der Waals surface area contributed by atoms with Gasteiger partial charge in [0.15, 0.2) is 19.0 Å². The zero-order valence-corrected chi connectivity index (χ0v) is 14.5. The van der Waals surface area contributed by atoms with E-state index in [0.717, 1.165) is 0 Å². The molecule has 0 aliphatic heterocycles. The van der Waals surface area contributed by atoms with Gasteiger partial charge < -0.3 is 14.8 Å². The van der Waals surface area contributed by atoms with Gasteiger partial charge in [-0.15, -0.1) is 0 Å². The van der Waals surface area contributed by atoms with Gasteiger partial charge in [-0.2, -0.15) is 0 Å². The fourth-order valence-electron chi connectivity index (χ4n) is 1.68. The molecule has 0 unspecified atom stereocenters. The number of carbonyl (C=O) groups is 2. The number of halogens is 3. The number of rotatable bonds is 6. The van der Waals surface area contributed by atoms with Gasteiger partial charge in [0.05, 0.1) is 15.7 Å². The number of hydrogen-bond donors (Lipinski definition) is 1. The van der Waals surface area contributed by atoms with Crippen molar-refractivity contribution in [2.24, 2.45) is 0 Å². The van der Waals surface area contributed by atoms with E-state index in [1.165, 1.54) is 30.3 Å². The van der Waals surface area contributed by atoms with Gasteiger partial charge >= 0.3 is 5.97 Å². The average Bonchev–Trinajstić information content (AvgIpc) is 2.57. The number of pyridine rings is 1. The van der Waals surface area contributed by atoms with Gasteiger partial charge in [0.2, 0.25) is 0 Å². The van der Waals surface area contributed by atoms with Crippen molar-refractivity contribution in [1.29, 1.82) is 0 Å². The van der Waals surface area contributed by atoms with E-state index in [9.17, 15) is 14.0 Å². The zero-order chi connectivity index (χ0) is 18.4. The lowest BCUT2D eigenvalue weighted by Gasteiger charge is -2.09. The van der Waals surface area contributed by atoms with Crippen LogP contribution in [0.25, 0.3) is 0 Å². The van der Waals surface area contributed by atoms with Crippen molar-refractivity contribution in [1.82, 2.24) is 4.98 Å². The third-order valence-electron chi connectivity index (χ3n) is 2.90. The molecule has 2 aromatic rings. The summed E-state index contributed by atoms with van der Waals surface area (Å²) < 4.78 is 22.6. The molecule has 0 spiro atoms. The minimum atomic E-state index is -0.759. The third kappa shape index (κ3) is 5.88. The molecule has 0 aliphatic carbocycles.